The van der Waals surface area contributed by atoms with Crippen molar-refractivity contribution in [3.63, 3.8) is 0 Å². The highest BCUT2D eigenvalue weighted by atomic mass is 16.7. The third-order valence-corrected chi connectivity index (χ3v) is 4.32. The van der Waals surface area contributed by atoms with Gasteiger partial charge in [0, 0.05) is 0 Å². The number of imide groups is 1. The van der Waals surface area contributed by atoms with Crippen LogP contribution in [0.5, 0.6) is 17.2 Å². The van der Waals surface area contributed by atoms with E-state index in [1.54, 1.807) is 12.1 Å². The molecule has 150 valence electrons. The van der Waals surface area contributed by atoms with Crippen LogP contribution in [0, 0.1) is 0 Å². The number of benzene rings is 1. The highest BCUT2D eigenvalue weighted by Crippen LogP contribution is 2.42. The fourth-order valence-corrected chi connectivity index (χ4v) is 2.94. The van der Waals surface area contributed by atoms with Crippen molar-refractivity contribution in [3.8, 4) is 17.2 Å². The lowest BCUT2D eigenvalue weighted by molar-refractivity contribution is -0.123. The Balaban J connectivity index is 1.55. The molecule has 3 amide bonds. The van der Waals surface area contributed by atoms with Crippen LogP contribution in [0.4, 0.5) is 4.79 Å². The molecule has 0 aliphatic carbocycles. The molecule has 3 heterocycles. The van der Waals surface area contributed by atoms with Gasteiger partial charge in [-0.25, -0.2) is 9.59 Å². The summed E-state index contributed by atoms with van der Waals surface area (Å²) in [5.74, 6) is 0.477. The predicted octanol–water partition coefficient (Wildman–Crippen LogP) is 1.90. The number of amides is 3. The van der Waals surface area contributed by atoms with Gasteiger partial charge in [0.05, 0.1) is 20.8 Å². The summed E-state index contributed by atoms with van der Waals surface area (Å²) in [7, 11) is 2.72. The number of furan rings is 1. The number of fused-ring (bicyclic) bond motifs is 1. The zero-order valence-electron chi connectivity index (χ0n) is 15.5. The Bertz CT molecular complexity index is 1040. The second-order valence-corrected chi connectivity index (χ2v) is 6.09. The molecule has 1 aromatic carbocycles. The molecule has 10 nitrogen and oxygen atoms in total. The van der Waals surface area contributed by atoms with Crippen LogP contribution in [0.1, 0.15) is 21.9 Å². The Labute approximate surface area is 164 Å². The van der Waals surface area contributed by atoms with Gasteiger partial charge < -0.3 is 28.7 Å². The maximum Gasteiger partial charge on any atom is 0.373 e. The number of rotatable bonds is 5. The van der Waals surface area contributed by atoms with Crippen LogP contribution < -0.4 is 19.5 Å². The molecule has 0 radical (unpaired) electrons. The van der Waals surface area contributed by atoms with Crippen LogP contribution in [0.3, 0.4) is 0 Å². The molecule has 1 saturated heterocycles. The highest BCUT2D eigenvalue weighted by molar-refractivity contribution is 6.13. The smallest absolute Gasteiger partial charge is 0.373 e. The van der Waals surface area contributed by atoms with E-state index in [-0.39, 0.29) is 30.6 Å². The number of esters is 1. The lowest BCUT2D eigenvalue weighted by Crippen LogP contribution is -2.30. The molecular weight excluding hydrogens is 384 g/mol. The number of carbonyl (C=O) groups is 3. The predicted molar refractivity (Wildman–Crippen MR) is 96.2 cm³/mol. The quantitative estimate of drug-likeness (QED) is 0.460. The van der Waals surface area contributed by atoms with Gasteiger partial charge in [-0.1, -0.05) is 0 Å². The monoisotopic (exact) mass is 400 g/mol. The molecule has 2 aromatic rings. The zero-order chi connectivity index (χ0) is 20.5. The van der Waals surface area contributed by atoms with Crippen molar-refractivity contribution >= 4 is 24.0 Å². The molecule has 1 fully saturated rings. The summed E-state index contributed by atoms with van der Waals surface area (Å²) in [6.45, 7) is -0.0602. The van der Waals surface area contributed by atoms with E-state index in [9.17, 15) is 14.4 Å². The average molecular weight is 400 g/mol. The van der Waals surface area contributed by atoms with E-state index >= 15 is 0 Å². The van der Waals surface area contributed by atoms with Crippen molar-refractivity contribution in [1.29, 1.82) is 0 Å². The summed E-state index contributed by atoms with van der Waals surface area (Å²) in [4.78, 5) is 37.3. The largest absolute Gasteiger partial charge is 0.493 e. The number of hydrogen-bond donors (Lipinski definition) is 1. The van der Waals surface area contributed by atoms with Crippen LogP contribution in [0.2, 0.25) is 0 Å². The summed E-state index contributed by atoms with van der Waals surface area (Å²) in [5, 5.41) is 2.52. The molecule has 0 saturated carbocycles. The molecule has 2 aliphatic heterocycles. The first kappa shape index (κ1) is 18.4. The SMILES string of the molecule is COC(=O)c1ccc(CN2C(=O)N/C(=C\c3cc(OC)c4c(c3)OCO4)C2=O)o1. The van der Waals surface area contributed by atoms with Crippen LogP contribution >= 0.6 is 0 Å². The molecule has 1 N–H and O–H groups in total. The minimum atomic E-state index is -0.647. The number of hydrogen-bond acceptors (Lipinski definition) is 8. The van der Waals surface area contributed by atoms with E-state index in [0.29, 0.717) is 22.8 Å². The standard InChI is InChI=1S/C19H16N2O8/c1-25-14-6-10(7-15-16(14)28-9-27-15)5-12-17(22)21(19(24)20-12)8-11-3-4-13(29-11)18(23)26-2/h3-7H,8-9H2,1-2H3,(H,20,24)/b12-5-. The van der Waals surface area contributed by atoms with E-state index in [4.69, 9.17) is 18.6 Å². The topological polar surface area (TPSA) is 117 Å². The minimum absolute atomic E-state index is 0.0159. The van der Waals surface area contributed by atoms with Crippen LogP contribution in [-0.4, -0.2) is 43.8 Å². The lowest BCUT2D eigenvalue weighted by atomic mass is 10.1. The molecule has 10 heteroatoms. The van der Waals surface area contributed by atoms with E-state index in [2.05, 4.69) is 10.1 Å². The van der Waals surface area contributed by atoms with Gasteiger partial charge in [0.2, 0.25) is 18.3 Å². The van der Waals surface area contributed by atoms with Crippen molar-refractivity contribution in [2.24, 2.45) is 0 Å². The second kappa shape index (κ2) is 7.23. The third-order valence-electron chi connectivity index (χ3n) is 4.32. The fourth-order valence-electron chi connectivity index (χ4n) is 2.94. The van der Waals surface area contributed by atoms with Gasteiger partial charge >= 0.3 is 12.0 Å². The Morgan fingerprint density at radius 3 is 2.83 bits per heavy atom. The van der Waals surface area contributed by atoms with E-state index < -0.39 is 17.9 Å². The fraction of sp³-hybridized carbons (Fsp3) is 0.211. The van der Waals surface area contributed by atoms with Gasteiger partial charge in [0.25, 0.3) is 5.91 Å². The summed E-state index contributed by atoms with van der Waals surface area (Å²) in [5.41, 5.74) is 0.665. The number of carbonyl (C=O) groups excluding carboxylic acids is 3. The molecule has 29 heavy (non-hydrogen) atoms. The molecule has 2 aliphatic rings. The zero-order valence-corrected chi connectivity index (χ0v) is 15.5. The third kappa shape index (κ3) is 3.35. The van der Waals surface area contributed by atoms with Gasteiger partial charge in [-0.2, -0.15) is 0 Å². The second-order valence-electron chi connectivity index (χ2n) is 6.09. The van der Waals surface area contributed by atoms with Crippen molar-refractivity contribution < 1.29 is 37.7 Å². The number of nitrogens with one attached hydrogen (secondary N) is 1. The molecule has 4 rings (SSSR count). The summed E-state index contributed by atoms with van der Waals surface area (Å²) < 4.78 is 25.9. The van der Waals surface area contributed by atoms with Crippen molar-refractivity contribution in [1.82, 2.24) is 10.2 Å². The molecule has 0 bridgehead atoms. The molecule has 0 atom stereocenters. The number of ether oxygens (including phenoxy) is 4. The first-order valence-corrected chi connectivity index (χ1v) is 8.49. The van der Waals surface area contributed by atoms with E-state index in [1.807, 2.05) is 0 Å². The lowest BCUT2D eigenvalue weighted by Gasteiger charge is -2.09. The van der Waals surface area contributed by atoms with Crippen molar-refractivity contribution in [2.45, 2.75) is 6.54 Å². The van der Waals surface area contributed by atoms with Gasteiger partial charge in [0.15, 0.2) is 11.5 Å². The van der Waals surface area contributed by atoms with Crippen molar-refractivity contribution in [3.05, 3.63) is 47.0 Å². The maximum absolute atomic E-state index is 12.7. The molecule has 0 unspecified atom stereocenters. The number of urea groups is 1. The Morgan fingerprint density at radius 2 is 2.07 bits per heavy atom. The normalized spacial score (nSPS) is 16.3. The Kier molecular flexibility index (Phi) is 4.59. The van der Waals surface area contributed by atoms with Crippen molar-refractivity contribution in [2.75, 3.05) is 21.0 Å². The summed E-state index contributed by atoms with van der Waals surface area (Å²) in [6.07, 6.45) is 1.51. The molecule has 1 aromatic heterocycles. The van der Waals surface area contributed by atoms with Crippen LogP contribution in [-0.2, 0) is 16.1 Å². The average Bonchev–Trinajstić information content (AvgIpc) is 3.43. The Hall–Kier alpha value is -3.95. The van der Waals surface area contributed by atoms with Crippen LogP contribution in [0.25, 0.3) is 6.08 Å². The summed E-state index contributed by atoms with van der Waals surface area (Å²) >= 11 is 0. The van der Waals surface area contributed by atoms with Gasteiger partial charge in [-0.05, 0) is 35.9 Å². The molecular formula is C19H16N2O8. The Morgan fingerprint density at radius 1 is 1.24 bits per heavy atom. The molecule has 0 spiro atoms. The highest BCUT2D eigenvalue weighted by Gasteiger charge is 2.34. The number of methoxy groups -OCH3 is 2. The summed E-state index contributed by atoms with van der Waals surface area (Å²) in [6, 6.07) is 5.64. The van der Waals surface area contributed by atoms with E-state index in [0.717, 1.165) is 4.90 Å². The minimum Gasteiger partial charge on any atom is -0.493 e. The van der Waals surface area contributed by atoms with Gasteiger partial charge in [-0.3, -0.25) is 9.69 Å². The maximum atomic E-state index is 12.7. The number of nitrogens with zero attached hydrogens (tertiary/aromatic N) is 1. The van der Waals surface area contributed by atoms with Crippen LogP contribution in [0.15, 0.2) is 34.4 Å². The van der Waals surface area contributed by atoms with Gasteiger partial charge in [-0.15, -0.1) is 0 Å². The van der Waals surface area contributed by atoms with E-state index in [1.165, 1.54) is 32.4 Å². The van der Waals surface area contributed by atoms with Gasteiger partial charge in [0.1, 0.15) is 11.5 Å². The first-order chi connectivity index (χ1) is 14.0. The first-order valence-electron chi connectivity index (χ1n) is 8.49.